The van der Waals surface area contributed by atoms with Gasteiger partial charge in [-0.05, 0) is 37.8 Å². The lowest BCUT2D eigenvalue weighted by molar-refractivity contribution is 0.0694. The summed E-state index contributed by atoms with van der Waals surface area (Å²) in [6, 6.07) is 1.47. The first-order chi connectivity index (χ1) is 8.77. The predicted molar refractivity (Wildman–Crippen MR) is 65.5 cm³/mol. The summed E-state index contributed by atoms with van der Waals surface area (Å²) in [5, 5.41) is 12.0. The molecule has 1 aromatic heterocycles. The van der Waals surface area contributed by atoms with Gasteiger partial charge in [-0.15, -0.1) is 0 Å². The Morgan fingerprint density at radius 3 is 3.11 bits per heavy atom. The molecule has 0 saturated heterocycles. The molecule has 1 aliphatic rings. The van der Waals surface area contributed by atoms with E-state index < -0.39 is 5.97 Å². The van der Waals surface area contributed by atoms with Gasteiger partial charge in [0.25, 0.3) is 0 Å². The lowest BCUT2D eigenvalue weighted by atomic mass is 10.2. The highest BCUT2D eigenvalue weighted by atomic mass is 16.5. The average Bonchev–Trinajstić information content (AvgIpc) is 3.04. The number of carboxylic acid groups (broad SMARTS) is 1. The van der Waals surface area contributed by atoms with Crippen LogP contribution in [-0.2, 0) is 11.3 Å². The number of carbonyl (C=O) groups is 1. The average molecular weight is 253 g/mol. The largest absolute Gasteiger partial charge is 0.478 e. The lowest BCUT2D eigenvalue weighted by Crippen LogP contribution is -2.17. The molecule has 1 aromatic rings. The first-order valence-electron chi connectivity index (χ1n) is 6.35. The highest BCUT2D eigenvalue weighted by Crippen LogP contribution is 2.28. The topological polar surface area (TPSA) is 71.7 Å². The fraction of sp³-hybridized carbons (Fsp3) is 0.615. The van der Waals surface area contributed by atoms with E-state index in [1.807, 2.05) is 0 Å². The van der Waals surface area contributed by atoms with E-state index in [-0.39, 0.29) is 5.56 Å². The van der Waals surface area contributed by atoms with Crippen LogP contribution in [0.1, 0.15) is 35.4 Å². The van der Waals surface area contributed by atoms with Crippen molar-refractivity contribution < 1.29 is 19.1 Å². The first-order valence-corrected chi connectivity index (χ1v) is 6.35. The van der Waals surface area contributed by atoms with Crippen LogP contribution in [0.25, 0.3) is 0 Å². The zero-order valence-corrected chi connectivity index (χ0v) is 10.4. The Bertz CT molecular complexity index is 384. The molecule has 2 N–H and O–H groups in total. The molecule has 18 heavy (non-hydrogen) atoms. The van der Waals surface area contributed by atoms with Gasteiger partial charge in [0.05, 0.1) is 12.8 Å². The second kappa shape index (κ2) is 6.56. The van der Waals surface area contributed by atoms with Crippen LogP contribution in [0.2, 0.25) is 0 Å². The summed E-state index contributed by atoms with van der Waals surface area (Å²) >= 11 is 0. The van der Waals surface area contributed by atoms with E-state index >= 15 is 0 Å². The van der Waals surface area contributed by atoms with Gasteiger partial charge in [-0.3, -0.25) is 0 Å². The molecule has 0 bridgehead atoms. The zero-order chi connectivity index (χ0) is 12.8. The monoisotopic (exact) mass is 253 g/mol. The highest BCUT2D eigenvalue weighted by molar-refractivity contribution is 5.88. The normalized spacial score (nSPS) is 14.9. The molecule has 0 aromatic carbocycles. The van der Waals surface area contributed by atoms with E-state index in [1.54, 1.807) is 0 Å². The molecule has 2 rings (SSSR count). The van der Waals surface area contributed by atoms with Crippen LogP contribution in [0.5, 0.6) is 0 Å². The van der Waals surface area contributed by atoms with Crippen molar-refractivity contribution in [3.05, 3.63) is 23.7 Å². The second-order valence-electron chi connectivity index (χ2n) is 4.61. The summed E-state index contributed by atoms with van der Waals surface area (Å²) in [7, 11) is 0. The molecule has 100 valence electrons. The van der Waals surface area contributed by atoms with Crippen LogP contribution in [0.4, 0.5) is 0 Å². The van der Waals surface area contributed by atoms with E-state index in [4.69, 9.17) is 14.3 Å². The third kappa shape index (κ3) is 4.16. The van der Waals surface area contributed by atoms with Crippen molar-refractivity contribution in [2.45, 2.75) is 25.8 Å². The van der Waals surface area contributed by atoms with Gasteiger partial charge in [0.1, 0.15) is 11.3 Å². The van der Waals surface area contributed by atoms with E-state index in [0.29, 0.717) is 12.3 Å². The van der Waals surface area contributed by atoms with Gasteiger partial charge in [0.2, 0.25) is 0 Å². The van der Waals surface area contributed by atoms with Crippen LogP contribution in [0.15, 0.2) is 16.7 Å². The molecule has 1 aliphatic carbocycles. The van der Waals surface area contributed by atoms with Gasteiger partial charge in [0.15, 0.2) is 0 Å². The number of rotatable bonds is 9. The Balaban J connectivity index is 1.54. The number of aromatic carboxylic acids is 1. The van der Waals surface area contributed by atoms with E-state index in [9.17, 15) is 4.79 Å². The second-order valence-corrected chi connectivity index (χ2v) is 4.61. The van der Waals surface area contributed by atoms with Crippen LogP contribution in [-0.4, -0.2) is 30.8 Å². The molecule has 0 aliphatic heterocycles. The number of hydrogen-bond donors (Lipinski definition) is 2. The molecular formula is C13H19NO4. The Hall–Kier alpha value is -1.33. The van der Waals surface area contributed by atoms with Gasteiger partial charge >= 0.3 is 5.97 Å². The van der Waals surface area contributed by atoms with E-state index in [0.717, 1.165) is 32.1 Å². The van der Waals surface area contributed by atoms with E-state index in [1.165, 1.54) is 25.2 Å². The minimum atomic E-state index is -0.951. The number of furan rings is 1. The molecule has 1 fully saturated rings. The molecule has 0 unspecified atom stereocenters. The predicted octanol–water partition coefficient (Wildman–Crippen LogP) is 1.88. The highest BCUT2D eigenvalue weighted by Gasteiger charge is 2.20. The number of carboxylic acids is 1. The van der Waals surface area contributed by atoms with Crippen molar-refractivity contribution in [3.63, 3.8) is 0 Å². The summed E-state index contributed by atoms with van der Waals surface area (Å²) < 4.78 is 10.6. The molecule has 1 saturated carbocycles. The number of ether oxygens (including phenoxy) is 1. The van der Waals surface area contributed by atoms with Crippen LogP contribution in [0, 0.1) is 5.92 Å². The molecule has 0 spiro atoms. The molecule has 5 heteroatoms. The first kappa shape index (κ1) is 13.1. The van der Waals surface area contributed by atoms with Gasteiger partial charge in [0, 0.05) is 13.2 Å². The van der Waals surface area contributed by atoms with Gasteiger partial charge in [-0.2, -0.15) is 0 Å². The number of hydrogen-bond acceptors (Lipinski definition) is 4. The Morgan fingerprint density at radius 1 is 1.56 bits per heavy atom. The fourth-order valence-corrected chi connectivity index (χ4v) is 1.70. The Morgan fingerprint density at radius 2 is 2.39 bits per heavy atom. The maximum absolute atomic E-state index is 10.8. The quantitative estimate of drug-likeness (QED) is 0.657. The van der Waals surface area contributed by atoms with Crippen LogP contribution < -0.4 is 5.32 Å². The van der Waals surface area contributed by atoms with Crippen molar-refractivity contribution in [3.8, 4) is 0 Å². The third-order valence-corrected chi connectivity index (χ3v) is 2.95. The summed E-state index contributed by atoms with van der Waals surface area (Å²) in [6.07, 6.45) is 4.96. The van der Waals surface area contributed by atoms with Crippen LogP contribution in [0.3, 0.4) is 0 Å². The lowest BCUT2D eigenvalue weighted by Gasteiger charge is -2.04. The summed E-state index contributed by atoms with van der Waals surface area (Å²) in [5.74, 6) is 0.328. The van der Waals surface area contributed by atoms with Crippen molar-refractivity contribution in [2.75, 3.05) is 19.8 Å². The molecule has 0 amide bonds. The molecule has 1 heterocycles. The fourth-order valence-electron chi connectivity index (χ4n) is 1.70. The molecule has 0 atom stereocenters. The molecule has 0 radical (unpaired) electrons. The zero-order valence-electron chi connectivity index (χ0n) is 10.4. The Kier molecular flexibility index (Phi) is 4.78. The molecular weight excluding hydrogens is 234 g/mol. The van der Waals surface area contributed by atoms with Gasteiger partial charge in [-0.25, -0.2) is 4.79 Å². The molecule has 5 nitrogen and oxygen atoms in total. The maximum Gasteiger partial charge on any atom is 0.339 e. The van der Waals surface area contributed by atoms with Crippen LogP contribution >= 0.6 is 0 Å². The van der Waals surface area contributed by atoms with Crippen molar-refractivity contribution in [2.24, 2.45) is 5.92 Å². The summed E-state index contributed by atoms with van der Waals surface area (Å²) in [5.41, 5.74) is 0.229. The van der Waals surface area contributed by atoms with Gasteiger partial charge < -0.3 is 19.6 Å². The standard InChI is InChI=1S/C13H19NO4/c15-13(16)11-4-7-18-12(11)8-14-5-1-6-17-9-10-2-3-10/h4,7,10,14H,1-3,5-6,8-9H2,(H,15,16). The van der Waals surface area contributed by atoms with Crippen molar-refractivity contribution >= 4 is 5.97 Å². The maximum atomic E-state index is 10.8. The third-order valence-electron chi connectivity index (χ3n) is 2.95. The Labute approximate surface area is 106 Å². The minimum absolute atomic E-state index is 0.229. The smallest absolute Gasteiger partial charge is 0.339 e. The SMILES string of the molecule is O=C(O)c1ccoc1CNCCCOCC1CC1. The van der Waals surface area contributed by atoms with Crippen molar-refractivity contribution in [1.82, 2.24) is 5.32 Å². The summed E-state index contributed by atoms with van der Waals surface area (Å²) in [6.45, 7) is 2.89. The van der Waals surface area contributed by atoms with Crippen molar-refractivity contribution in [1.29, 1.82) is 0 Å². The minimum Gasteiger partial charge on any atom is -0.478 e. The summed E-state index contributed by atoms with van der Waals surface area (Å²) in [4.78, 5) is 10.8. The van der Waals surface area contributed by atoms with E-state index in [2.05, 4.69) is 5.32 Å². The number of nitrogens with one attached hydrogen (secondary N) is 1. The van der Waals surface area contributed by atoms with Gasteiger partial charge in [-0.1, -0.05) is 0 Å².